The molecule has 1 aromatic carbocycles. The molecule has 1 rings (SSSR count). The van der Waals surface area contributed by atoms with E-state index in [-0.39, 0.29) is 5.75 Å². The Hall–Kier alpha value is -1.07. The fourth-order valence-electron chi connectivity index (χ4n) is 1.84. The van der Waals surface area contributed by atoms with Gasteiger partial charge in [0.05, 0.1) is 5.75 Å². The van der Waals surface area contributed by atoms with E-state index in [9.17, 15) is 8.42 Å². The van der Waals surface area contributed by atoms with Crippen molar-refractivity contribution in [2.45, 2.75) is 34.1 Å². The minimum Gasteiger partial charge on any atom is -0.492 e. The summed E-state index contributed by atoms with van der Waals surface area (Å²) in [5, 5.41) is 0. The van der Waals surface area contributed by atoms with E-state index in [0.717, 1.165) is 16.9 Å². The Morgan fingerprint density at radius 3 is 2.42 bits per heavy atom. The first-order valence-electron chi connectivity index (χ1n) is 6.54. The summed E-state index contributed by atoms with van der Waals surface area (Å²) in [7, 11) is -3.14. The quantitative estimate of drug-likeness (QED) is 0.782. The van der Waals surface area contributed by atoms with Crippen molar-refractivity contribution >= 4 is 10.0 Å². The number of hydrogen-bond acceptors (Lipinski definition) is 3. The summed E-state index contributed by atoms with van der Waals surface area (Å²) in [4.78, 5) is 0. The minimum atomic E-state index is -3.14. The molecular formula is C14H23NO3S. The van der Waals surface area contributed by atoms with E-state index in [2.05, 4.69) is 10.8 Å². The SMILES string of the molecule is CCCS(=O)(=O)NCCOc1c(C)ccc(C)c1C. The van der Waals surface area contributed by atoms with Crippen LogP contribution in [0.4, 0.5) is 0 Å². The first kappa shape index (κ1) is 16.0. The van der Waals surface area contributed by atoms with Gasteiger partial charge < -0.3 is 4.74 Å². The van der Waals surface area contributed by atoms with Crippen LogP contribution in [-0.4, -0.2) is 27.3 Å². The van der Waals surface area contributed by atoms with E-state index in [0.29, 0.717) is 19.6 Å². The zero-order chi connectivity index (χ0) is 14.5. The Balaban J connectivity index is 2.53. The van der Waals surface area contributed by atoms with Crippen LogP contribution in [0, 0.1) is 20.8 Å². The zero-order valence-corrected chi connectivity index (χ0v) is 12.9. The third-order valence-corrected chi connectivity index (χ3v) is 4.61. The molecular weight excluding hydrogens is 262 g/mol. The highest BCUT2D eigenvalue weighted by Crippen LogP contribution is 2.25. The van der Waals surface area contributed by atoms with Gasteiger partial charge in [0.1, 0.15) is 12.4 Å². The number of aryl methyl sites for hydroxylation is 2. The highest BCUT2D eigenvalue weighted by molar-refractivity contribution is 7.89. The average molecular weight is 285 g/mol. The van der Waals surface area contributed by atoms with Crippen LogP contribution in [0.1, 0.15) is 30.0 Å². The summed E-state index contributed by atoms with van der Waals surface area (Å²) in [6.07, 6.45) is 0.617. The lowest BCUT2D eigenvalue weighted by molar-refractivity contribution is 0.318. The maximum absolute atomic E-state index is 11.5. The molecule has 0 aliphatic rings. The Bertz CT molecular complexity index is 524. The van der Waals surface area contributed by atoms with Crippen LogP contribution in [-0.2, 0) is 10.0 Å². The Morgan fingerprint density at radius 1 is 1.16 bits per heavy atom. The summed E-state index contributed by atoms with van der Waals surface area (Å²) in [6, 6.07) is 4.07. The molecule has 1 N–H and O–H groups in total. The standard InChI is InChI=1S/C14H23NO3S/c1-5-10-19(16,17)15-8-9-18-14-12(3)7-6-11(2)13(14)4/h6-7,15H,5,8-10H2,1-4H3. The lowest BCUT2D eigenvalue weighted by Gasteiger charge is -2.14. The van der Waals surface area contributed by atoms with Crippen LogP contribution in [0.3, 0.4) is 0 Å². The van der Waals surface area contributed by atoms with Crippen LogP contribution in [0.25, 0.3) is 0 Å². The molecule has 0 aliphatic carbocycles. The summed E-state index contributed by atoms with van der Waals surface area (Å²) in [6.45, 7) is 8.52. The van der Waals surface area contributed by atoms with Crippen LogP contribution in [0.2, 0.25) is 0 Å². The second-order valence-corrected chi connectivity index (χ2v) is 6.64. The van der Waals surface area contributed by atoms with Gasteiger partial charge in [-0.15, -0.1) is 0 Å². The van der Waals surface area contributed by atoms with Crippen molar-refractivity contribution in [3.8, 4) is 5.75 Å². The monoisotopic (exact) mass is 285 g/mol. The number of nitrogens with one attached hydrogen (secondary N) is 1. The Labute approximate surface area is 116 Å². The maximum Gasteiger partial charge on any atom is 0.211 e. The second-order valence-electron chi connectivity index (χ2n) is 4.72. The van der Waals surface area contributed by atoms with E-state index in [1.807, 2.05) is 33.8 Å². The van der Waals surface area contributed by atoms with E-state index in [1.165, 1.54) is 5.56 Å². The van der Waals surface area contributed by atoms with Crippen molar-refractivity contribution in [1.82, 2.24) is 4.72 Å². The number of sulfonamides is 1. The summed E-state index contributed by atoms with van der Waals surface area (Å²) in [5.41, 5.74) is 3.35. The van der Waals surface area contributed by atoms with Gasteiger partial charge in [-0.3, -0.25) is 0 Å². The van der Waals surface area contributed by atoms with Gasteiger partial charge in [-0.2, -0.15) is 0 Å². The van der Waals surface area contributed by atoms with Gasteiger partial charge in [-0.1, -0.05) is 19.1 Å². The van der Waals surface area contributed by atoms with Crippen LogP contribution < -0.4 is 9.46 Å². The van der Waals surface area contributed by atoms with Crippen molar-refractivity contribution in [2.24, 2.45) is 0 Å². The highest BCUT2D eigenvalue weighted by Gasteiger charge is 2.09. The Kier molecular flexibility index (Phi) is 5.82. The minimum absolute atomic E-state index is 0.162. The van der Waals surface area contributed by atoms with E-state index in [4.69, 9.17) is 4.74 Å². The maximum atomic E-state index is 11.5. The van der Waals surface area contributed by atoms with Crippen LogP contribution in [0.5, 0.6) is 5.75 Å². The Morgan fingerprint density at radius 2 is 1.79 bits per heavy atom. The van der Waals surface area contributed by atoms with Crippen molar-refractivity contribution < 1.29 is 13.2 Å². The van der Waals surface area contributed by atoms with Gasteiger partial charge >= 0.3 is 0 Å². The normalized spacial score (nSPS) is 11.6. The van der Waals surface area contributed by atoms with Gasteiger partial charge in [-0.05, 0) is 43.9 Å². The molecule has 5 heteroatoms. The van der Waals surface area contributed by atoms with Crippen molar-refractivity contribution in [3.05, 3.63) is 28.8 Å². The first-order chi connectivity index (χ1) is 8.87. The fraction of sp³-hybridized carbons (Fsp3) is 0.571. The molecule has 1 aromatic rings. The third kappa shape index (κ3) is 4.84. The van der Waals surface area contributed by atoms with Gasteiger partial charge in [0.25, 0.3) is 0 Å². The zero-order valence-electron chi connectivity index (χ0n) is 12.1. The summed E-state index contributed by atoms with van der Waals surface area (Å²) < 4.78 is 31.2. The van der Waals surface area contributed by atoms with Crippen LogP contribution in [0.15, 0.2) is 12.1 Å². The van der Waals surface area contributed by atoms with Crippen molar-refractivity contribution in [1.29, 1.82) is 0 Å². The van der Waals surface area contributed by atoms with Gasteiger partial charge in [0.15, 0.2) is 0 Å². The smallest absolute Gasteiger partial charge is 0.211 e. The molecule has 0 fully saturated rings. The molecule has 19 heavy (non-hydrogen) atoms. The third-order valence-electron chi connectivity index (χ3n) is 3.02. The largest absolute Gasteiger partial charge is 0.492 e. The molecule has 0 aromatic heterocycles. The molecule has 0 amide bonds. The summed E-state index contributed by atoms with van der Waals surface area (Å²) >= 11 is 0. The van der Waals surface area contributed by atoms with Crippen molar-refractivity contribution in [3.63, 3.8) is 0 Å². The number of rotatable bonds is 7. The molecule has 4 nitrogen and oxygen atoms in total. The highest BCUT2D eigenvalue weighted by atomic mass is 32.2. The first-order valence-corrected chi connectivity index (χ1v) is 8.19. The lowest BCUT2D eigenvalue weighted by atomic mass is 10.1. The number of hydrogen-bond donors (Lipinski definition) is 1. The summed E-state index contributed by atoms with van der Waals surface area (Å²) in [5.74, 6) is 1.02. The lowest BCUT2D eigenvalue weighted by Crippen LogP contribution is -2.30. The van der Waals surface area contributed by atoms with Crippen LogP contribution >= 0.6 is 0 Å². The molecule has 0 saturated heterocycles. The molecule has 0 heterocycles. The molecule has 0 bridgehead atoms. The fourth-order valence-corrected chi connectivity index (χ4v) is 2.91. The topological polar surface area (TPSA) is 55.4 Å². The van der Waals surface area contributed by atoms with E-state index >= 15 is 0 Å². The van der Waals surface area contributed by atoms with Gasteiger partial charge in [-0.25, -0.2) is 13.1 Å². The van der Waals surface area contributed by atoms with Gasteiger partial charge in [0.2, 0.25) is 10.0 Å². The number of ether oxygens (including phenoxy) is 1. The van der Waals surface area contributed by atoms with Crippen molar-refractivity contribution in [2.75, 3.05) is 18.9 Å². The predicted molar refractivity (Wildman–Crippen MR) is 78.2 cm³/mol. The second kappa shape index (κ2) is 6.91. The van der Waals surface area contributed by atoms with E-state index < -0.39 is 10.0 Å². The van der Waals surface area contributed by atoms with Gasteiger partial charge in [0, 0.05) is 6.54 Å². The molecule has 0 spiro atoms. The molecule has 0 atom stereocenters. The van der Waals surface area contributed by atoms with E-state index in [1.54, 1.807) is 0 Å². The average Bonchev–Trinajstić information content (AvgIpc) is 2.33. The molecule has 0 unspecified atom stereocenters. The number of benzene rings is 1. The molecule has 0 saturated carbocycles. The molecule has 0 aliphatic heterocycles. The predicted octanol–water partition coefficient (Wildman–Crippen LogP) is 2.32. The molecule has 0 radical (unpaired) electrons. The molecule has 108 valence electrons.